The van der Waals surface area contributed by atoms with Gasteiger partial charge in [0.1, 0.15) is 0 Å². The third kappa shape index (κ3) is 4.93. The number of hydrogen-bond donors (Lipinski definition) is 2. The Morgan fingerprint density at radius 1 is 0.688 bits per heavy atom. The van der Waals surface area contributed by atoms with E-state index in [2.05, 4.69) is 10.6 Å². The summed E-state index contributed by atoms with van der Waals surface area (Å²) in [5.74, 6) is -1.10. The third-order valence-corrected chi connectivity index (χ3v) is 4.71. The molecular formula is C22H18N4O6. The monoisotopic (exact) mass is 434 g/mol. The van der Waals surface area contributed by atoms with Crippen molar-refractivity contribution in [3.63, 3.8) is 0 Å². The summed E-state index contributed by atoms with van der Waals surface area (Å²) in [7, 11) is 0. The van der Waals surface area contributed by atoms with Gasteiger partial charge in [0.2, 0.25) is 0 Å². The predicted octanol–water partition coefficient (Wildman–Crippen LogP) is 4.62. The van der Waals surface area contributed by atoms with Crippen molar-refractivity contribution in [1.82, 2.24) is 0 Å². The zero-order valence-corrected chi connectivity index (χ0v) is 17.1. The van der Waals surface area contributed by atoms with E-state index < -0.39 is 21.7 Å². The van der Waals surface area contributed by atoms with Gasteiger partial charge in [0.05, 0.1) is 9.85 Å². The van der Waals surface area contributed by atoms with Crippen molar-refractivity contribution in [2.24, 2.45) is 0 Å². The molecule has 3 aromatic carbocycles. The van der Waals surface area contributed by atoms with E-state index in [4.69, 9.17) is 0 Å². The summed E-state index contributed by atoms with van der Waals surface area (Å²) < 4.78 is 0. The molecule has 162 valence electrons. The highest BCUT2D eigenvalue weighted by Gasteiger charge is 2.17. The number of anilines is 2. The van der Waals surface area contributed by atoms with Crippen molar-refractivity contribution in [2.45, 2.75) is 13.8 Å². The van der Waals surface area contributed by atoms with Crippen molar-refractivity contribution >= 4 is 34.6 Å². The summed E-state index contributed by atoms with van der Waals surface area (Å²) in [5, 5.41) is 27.4. The minimum atomic E-state index is -0.558. The number of carbonyl (C=O) groups excluding carboxylic acids is 2. The zero-order chi connectivity index (χ0) is 23.4. The quantitative estimate of drug-likeness (QED) is 0.428. The van der Waals surface area contributed by atoms with Crippen molar-refractivity contribution in [3.05, 3.63) is 103 Å². The largest absolute Gasteiger partial charge is 0.322 e. The smallest absolute Gasteiger partial charge is 0.273 e. The molecule has 10 nitrogen and oxygen atoms in total. The Balaban J connectivity index is 1.76. The van der Waals surface area contributed by atoms with E-state index in [0.29, 0.717) is 22.5 Å². The SMILES string of the molecule is Cc1ccc(C(=O)Nc2cccc(NC(=O)c3ccc(C)c([N+](=O)[O-])c3)c2)cc1[N+](=O)[O-]. The average Bonchev–Trinajstić information content (AvgIpc) is 2.74. The Morgan fingerprint density at radius 3 is 1.47 bits per heavy atom. The van der Waals surface area contributed by atoms with Gasteiger partial charge in [0.15, 0.2) is 0 Å². The van der Waals surface area contributed by atoms with Crippen LogP contribution in [-0.4, -0.2) is 21.7 Å². The highest BCUT2D eigenvalue weighted by atomic mass is 16.6. The highest BCUT2D eigenvalue weighted by Crippen LogP contribution is 2.23. The maximum atomic E-state index is 12.5. The Bertz CT molecular complexity index is 1160. The summed E-state index contributed by atoms with van der Waals surface area (Å²) in [4.78, 5) is 46.1. The number of nitrogens with zero attached hydrogens (tertiary/aromatic N) is 2. The molecule has 32 heavy (non-hydrogen) atoms. The fraction of sp³-hybridized carbons (Fsp3) is 0.0909. The molecule has 10 heteroatoms. The molecule has 0 saturated heterocycles. The summed E-state index contributed by atoms with van der Waals surface area (Å²) in [6.07, 6.45) is 0. The molecule has 0 aromatic heterocycles. The summed E-state index contributed by atoms with van der Waals surface area (Å²) in [5.41, 5.74) is 1.49. The van der Waals surface area contributed by atoms with Gasteiger partial charge >= 0.3 is 0 Å². The maximum absolute atomic E-state index is 12.5. The van der Waals surface area contributed by atoms with Gasteiger partial charge in [-0.1, -0.05) is 18.2 Å². The number of nitrogens with one attached hydrogen (secondary N) is 2. The second-order valence-electron chi connectivity index (χ2n) is 7.01. The number of nitro benzene ring substituents is 2. The molecule has 3 aromatic rings. The second-order valence-corrected chi connectivity index (χ2v) is 7.01. The standard InChI is InChI=1S/C22H18N4O6/c1-13-6-8-15(10-19(13)25(29)30)21(27)23-17-4-3-5-18(12-17)24-22(28)16-9-7-14(2)20(11-16)26(31)32/h3-12H,1-2H3,(H,23,27)(H,24,28). The average molecular weight is 434 g/mol. The van der Waals surface area contributed by atoms with Crippen molar-refractivity contribution < 1.29 is 19.4 Å². The van der Waals surface area contributed by atoms with Crippen LogP contribution in [0.1, 0.15) is 31.8 Å². The second kappa shape index (κ2) is 9.04. The lowest BCUT2D eigenvalue weighted by atomic mass is 10.1. The van der Waals surface area contributed by atoms with Crippen LogP contribution in [0.4, 0.5) is 22.7 Å². The normalized spacial score (nSPS) is 10.3. The molecule has 0 aliphatic carbocycles. The number of benzene rings is 3. The molecular weight excluding hydrogens is 416 g/mol. The van der Waals surface area contributed by atoms with Gasteiger partial charge in [-0.05, 0) is 44.2 Å². The van der Waals surface area contributed by atoms with Gasteiger partial charge in [0.25, 0.3) is 23.2 Å². The van der Waals surface area contributed by atoms with Crippen molar-refractivity contribution in [1.29, 1.82) is 0 Å². The fourth-order valence-corrected chi connectivity index (χ4v) is 2.98. The lowest BCUT2D eigenvalue weighted by Gasteiger charge is -2.10. The molecule has 0 bridgehead atoms. The van der Waals surface area contributed by atoms with Gasteiger partial charge in [-0.2, -0.15) is 0 Å². The maximum Gasteiger partial charge on any atom is 0.273 e. The van der Waals surface area contributed by atoms with Crippen LogP contribution in [0.3, 0.4) is 0 Å². The molecule has 0 heterocycles. The fourth-order valence-electron chi connectivity index (χ4n) is 2.98. The van der Waals surface area contributed by atoms with Crippen LogP contribution < -0.4 is 10.6 Å². The number of aryl methyl sites for hydroxylation is 2. The van der Waals surface area contributed by atoms with E-state index in [9.17, 15) is 29.8 Å². The van der Waals surface area contributed by atoms with Crippen LogP contribution in [0.25, 0.3) is 0 Å². The molecule has 0 saturated carbocycles. The Labute approximate surface area is 182 Å². The summed E-state index contributed by atoms with van der Waals surface area (Å²) >= 11 is 0. The minimum Gasteiger partial charge on any atom is -0.322 e. The molecule has 0 spiro atoms. The molecule has 2 amide bonds. The first-order valence-electron chi connectivity index (χ1n) is 9.38. The topological polar surface area (TPSA) is 144 Å². The molecule has 0 radical (unpaired) electrons. The van der Waals surface area contributed by atoms with Crippen molar-refractivity contribution in [2.75, 3.05) is 10.6 Å². The van der Waals surface area contributed by atoms with Crippen molar-refractivity contribution in [3.8, 4) is 0 Å². The molecule has 0 fully saturated rings. The minimum absolute atomic E-state index is 0.115. The molecule has 0 aliphatic heterocycles. The van der Waals surface area contributed by atoms with Gasteiger partial charge < -0.3 is 10.6 Å². The van der Waals surface area contributed by atoms with Crippen LogP contribution >= 0.6 is 0 Å². The van der Waals surface area contributed by atoms with Crippen LogP contribution in [0.15, 0.2) is 60.7 Å². The van der Waals surface area contributed by atoms with Crippen LogP contribution in [-0.2, 0) is 0 Å². The first-order valence-corrected chi connectivity index (χ1v) is 9.38. The van der Waals surface area contributed by atoms with Crippen LogP contribution in [0.5, 0.6) is 0 Å². The Morgan fingerprint density at radius 2 is 1.09 bits per heavy atom. The number of nitro groups is 2. The molecule has 0 aliphatic rings. The van der Waals surface area contributed by atoms with E-state index >= 15 is 0 Å². The van der Waals surface area contributed by atoms with Crippen LogP contribution in [0.2, 0.25) is 0 Å². The number of hydrogen-bond acceptors (Lipinski definition) is 6. The molecule has 0 unspecified atom stereocenters. The molecule has 2 N–H and O–H groups in total. The summed E-state index contributed by atoms with van der Waals surface area (Å²) in [6, 6.07) is 14.6. The lowest BCUT2D eigenvalue weighted by Crippen LogP contribution is -2.14. The van der Waals surface area contributed by atoms with E-state index in [1.807, 2.05) is 0 Å². The van der Waals surface area contributed by atoms with Gasteiger partial charge in [0, 0.05) is 45.8 Å². The lowest BCUT2D eigenvalue weighted by molar-refractivity contribution is -0.385. The first kappa shape index (κ1) is 22.1. The molecule has 0 atom stereocenters. The van der Waals surface area contributed by atoms with E-state index in [1.54, 1.807) is 32.0 Å². The Hall–Kier alpha value is -4.60. The van der Waals surface area contributed by atoms with E-state index in [0.717, 1.165) is 0 Å². The number of rotatable bonds is 6. The van der Waals surface area contributed by atoms with E-state index in [-0.39, 0.29) is 22.5 Å². The van der Waals surface area contributed by atoms with Crippen LogP contribution in [0, 0.1) is 34.1 Å². The number of amides is 2. The summed E-state index contributed by atoms with van der Waals surface area (Å²) in [6.45, 7) is 3.16. The Kier molecular flexibility index (Phi) is 6.24. The van der Waals surface area contributed by atoms with Gasteiger partial charge in [-0.3, -0.25) is 29.8 Å². The van der Waals surface area contributed by atoms with E-state index in [1.165, 1.54) is 42.5 Å². The third-order valence-electron chi connectivity index (χ3n) is 4.71. The predicted molar refractivity (Wildman–Crippen MR) is 118 cm³/mol. The number of carbonyl (C=O) groups is 2. The highest BCUT2D eigenvalue weighted by molar-refractivity contribution is 6.07. The van der Waals surface area contributed by atoms with Gasteiger partial charge in [-0.25, -0.2) is 0 Å². The van der Waals surface area contributed by atoms with Gasteiger partial charge in [-0.15, -0.1) is 0 Å². The first-order chi connectivity index (χ1) is 15.2. The zero-order valence-electron chi connectivity index (χ0n) is 17.1. The molecule has 3 rings (SSSR count).